The van der Waals surface area contributed by atoms with Crippen LogP contribution in [0.3, 0.4) is 0 Å². The van der Waals surface area contributed by atoms with E-state index < -0.39 is 0 Å². The van der Waals surface area contributed by atoms with Gasteiger partial charge in [-0.25, -0.2) is 0 Å². The molecule has 28 heavy (non-hydrogen) atoms. The zero-order valence-electron chi connectivity index (χ0n) is 16.9. The summed E-state index contributed by atoms with van der Waals surface area (Å²) in [6.45, 7) is 3.98. The van der Waals surface area contributed by atoms with Crippen LogP contribution in [0.4, 0.5) is 0 Å². The molecule has 1 amide bonds. The molecule has 5 heteroatoms. The second-order valence-corrected chi connectivity index (χ2v) is 7.25. The molecule has 150 valence electrons. The van der Waals surface area contributed by atoms with E-state index in [1.165, 1.54) is 31.5 Å². The van der Waals surface area contributed by atoms with Crippen LogP contribution in [0.2, 0.25) is 0 Å². The largest absolute Gasteiger partial charge is 0.497 e. The third-order valence-corrected chi connectivity index (χ3v) is 5.23. The second kappa shape index (κ2) is 10.1. The summed E-state index contributed by atoms with van der Waals surface area (Å²) in [4.78, 5) is 14.7. The topological polar surface area (TPSA) is 50.8 Å². The van der Waals surface area contributed by atoms with Crippen LogP contribution >= 0.6 is 0 Å². The molecule has 1 N–H and O–H groups in total. The molecule has 1 saturated heterocycles. The maximum absolute atomic E-state index is 12.3. The van der Waals surface area contributed by atoms with Crippen LogP contribution in [0.1, 0.15) is 36.0 Å². The second-order valence-electron chi connectivity index (χ2n) is 7.25. The molecule has 0 aliphatic carbocycles. The highest BCUT2D eigenvalue weighted by Crippen LogP contribution is 2.25. The molecule has 0 atom stereocenters. The molecule has 0 radical (unpaired) electrons. The smallest absolute Gasteiger partial charge is 0.220 e. The molecular formula is C23H30N2O3. The highest BCUT2D eigenvalue weighted by molar-refractivity contribution is 5.76. The van der Waals surface area contributed by atoms with E-state index in [1.807, 2.05) is 18.2 Å². The zero-order chi connectivity index (χ0) is 19.8. The highest BCUT2D eigenvalue weighted by Gasteiger charge is 2.12. The number of nitrogens with one attached hydrogen (secondary N) is 1. The van der Waals surface area contributed by atoms with Crippen LogP contribution in [-0.4, -0.2) is 38.1 Å². The first-order valence-corrected chi connectivity index (χ1v) is 9.95. The Morgan fingerprint density at radius 1 is 1.00 bits per heavy atom. The zero-order valence-corrected chi connectivity index (χ0v) is 16.9. The quantitative estimate of drug-likeness (QED) is 0.721. The van der Waals surface area contributed by atoms with Gasteiger partial charge < -0.3 is 14.8 Å². The summed E-state index contributed by atoms with van der Waals surface area (Å²) in [6.07, 6.45) is 3.65. The molecule has 2 aromatic carbocycles. The number of methoxy groups -OCH3 is 2. The van der Waals surface area contributed by atoms with E-state index in [0.717, 1.165) is 29.2 Å². The summed E-state index contributed by atoms with van der Waals surface area (Å²) < 4.78 is 10.6. The van der Waals surface area contributed by atoms with Crippen LogP contribution in [-0.2, 0) is 24.3 Å². The van der Waals surface area contributed by atoms with Gasteiger partial charge in [0.05, 0.1) is 14.2 Å². The van der Waals surface area contributed by atoms with Gasteiger partial charge in [-0.15, -0.1) is 0 Å². The number of benzene rings is 2. The van der Waals surface area contributed by atoms with Crippen molar-refractivity contribution in [2.24, 2.45) is 0 Å². The van der Waals surface area contributed by atoms with Gasteiger partial charge in [0.1, 0.15) is 11.5 Å². The van der Waals surface area contributed by atoms with Gasteiger partial charge in [-0.1, -0.05) is 24.3 Å². The summed E-state index contributed by atoms with van der Waals surface area (Å²) in [6, 6.07) is 14.2. The summed E-state index contributed by atoms with van der Waals surface area (Å²) in [5, 5.41) is 3.01. The Labute approximate surface area is 167 Å². The molecule has 1 fully saturated rings. The predicted molar refractivity (Wildman–Crippen MR) is 111 cm³/mol. The van der Waals surface area contributed by atoms with Crippen molar-refractivity contribution in [1.29, 1.82) is 0 Å². The van der Waals surface area contributed by atoms with E-state index in [0.29, 0.717) is 19.4 Å². The van der Waals surface area contributed by atoms with Gasteiger partial charge >= 0.3 is 0 Å². The number of rotatable bonds is 9. The molecular weight excluding hydrogens is 352 g/mol. The molecule has 1 aliphatic heterocycles. The first kappa shape index (κ1) is 20.2. The Morgan fingerprint density at radius 2 is 1.71 bits per heavy atom. The minimum Gasteiger partial charge on any atom is -0.497 e. The fraction of sp³-hybridized carbons (Fsp3) is 0.435. The number of ether oxygens (including phenoxy) is 2. The van der Waals surface area contributed by atoms with Crippen molar-refractivity contribution in [1.82, 2.24) is 10.2 Å². The van der Waals surface area contributed by atoms with Gasteiger partial charge in [-0.05, 0) is 67.2 Å². The third kappa shape index (κ3) is 5.73. The Balaban J connectivity index is 1.45. The fourth-order valence-electron chi connectivity index (χ4n) is 3.58. The molecule has 2 aromatic rings. The molecule has 1 heterocycles. The Bertz CT molecular complexity index is 768. The minimum atomic E-state index is 0.0333. The monoisotopic (exact) mass is 382 g/mol. The van der Waals surface area contributed by atoms with Crippen molar-refractivity contribution in [3.8, 4) is 11.5 Å². The van der Waals surface area contributed by atoms with Gasteiger partial charge in [0.2, 0.25) is 5.91 Å². The van der Waals surface area contributed by atoms with Crippen LogP contribution in [0.5, 0.6) is 11.5 Å². The lowest BCUT2D eigenvalue weighted by atomic mass is 10.1. The number of hydrogen-bond donors (Lipinski definition) is 1. The van der Waals surface area contributed by atoms with Crippen molar-refractivity contribution in [2.75, 3.05) is 27.3 Å². The summed E-state index contributed by atoms with van der Waals surface area (Å²) in [5.41, 5.74) is 3.43. The standard InChI is InChI=1S/C23H30N2O3/c1-27-21-10-11-22(28-2)20(15-21)9-12-23(26)24-16-18-5-7-19(8-6-18)17-25-13-3-4-14-25/h5-8,10-11,15H,3-4,9,12-14,16-17H2,1-2H3,(H,24,26). The van der Waals surface area contributed by atoms with Crippen molar-refractivity contribution in [3.63, 3.8) is 0 Å². The Kier molecular flexibility index (Phi) is 7.31. The highest BCUT2D eigenvalue weighted by atomic mass is 16.5. The molecule has 0 unspecified atom stereocenters. The van der Waals surface area contributed by atoms with Gasteiger partial charge in [0, 0.05) is 19.5 Å². The molecule has 0 saturated carbocycles. The van der Waals surface area contributed by atoms with Gasteiger partial charge in [0.15, 0.2) is 0 Å². The number of nitrogens with zero attached hydrogens (tertiary/aromatic N) is 1. The van der Waals surface area contributed by atoms with Crippen molar-refractivity contribution in [3.05, 3.63) is 59.2 Å². The first-order valence-electron chi connectivity index (χ1n) is 9.95. The number of likely N-dealkylation sites (tertiary alicyclic amines) is 1. The first-order chi connectivity index (χ1) is 13.7. The minimum absolute atomic E-state index is 0.0333. The van der Waals surface area contributed by atoms with Crippen LogP contribution in [0.25, 0.3) is 0 Å². The molecule has 1 aliphatic rings. The molecule has 0 aromatic heterocycles. The molecule has 5 nitrogen and oxygen atoms in total. The maximum Gasteiger partial charge on any atom is 0.220 e. The average molecular weight is 383 g/mol. The lowest BCUT2D eigenvalue weighted by molar-refractivity contribution is -0.121. The van der Waals surface area contributed by atoms with Crippen molar-refractivity contribution < 1.29 is 14.3 Å². The third-order valence-electron chi connectivity index (χ3n) is 5.23. The molecule has 0 spiro atoms. The van der Waals surface area contributed by atoms with E-state index in [2.05, 4.69) is 34.5 Å². The van der Waals surface area contributed by atoms with Gasteiger partial charge in [-0.3, -0.25) is 9.69 Å². The maximum atomic E-state index is 12.3. The van der Waals surface area contributed by atoms with Gasteiger partial charge in [-0.2, -0.15) is 0 Å². The number of hydrogen-bond acceptors (Lipinski definition) is 4. The van der Waals surface area contributed by atoms with E-state index in [9.17, 15) is 4.79 Å². The summed E-state index contributed by atoms with van der Waals surface area (Å²) in [7, 11) is 3.27. The molecule has 0 bridgehead atoms. The van der Waals surface area contributed by atoms with Crippen molar-refractivity contribution >= 4 is 5.91 Å². The van der Waals surface area contributed by atoms with E-state index in [-0.39, 0.29) is 5.91 Å². The lowest BCUT2D eigenvalue weighted by Gasteiger charge is -2.14. The normalized spacial score (nSPS) is 14.1. The van der Waals surface area contributed by atoms with Crippen LogP contribution < -0.4 is 14.8 Å². The van der Waals surface area contributed by atoms with Crippen LogP contribution in [0.15, 0.2) is 42.5 Å². The Hall–Kier alpha value is -2.53. The van der Waals surface area contributed by atoms with E-state index in [1.54, 1.807) is 14.2 Å². The number of aryl methyl sites for hydroxylation is 1. The van der Waals surface area contributed by atoms with E-state index in [4.69, 9.17) is 9.47 Å². The van der Waals surface area contributed by atoms with Gasteiger partial charge in [0.25, 0.3) is 0 Å². The van der Waals surface area contributed by atoms with Crippen LogP contribution in [0, 0.1) is 0 Å². The lowest BCUT2D eigenvalue weighted by Crippen LogP contribution is -2.23. The SMILES string of the molecule is COc1ccc(OC)c(CCC(=O)NCc2ccc(CN3CCCC3)cc2)c1. The number of carbonyl (C=O) groups excluding carboxylic acids is 1. The van der Waals surface area contributed by atoms with Crippen molar-refractivity contribution in [2.45, 2.75) is 38.8 Å². The number of amides is 1. The Morgan fingerprint density at radius 3 is 2.39 bits per heavy atom. The average Bonchev–Trinajstić information content (AvgIpc) is 3.24. The summed E-state index contributed by atoms with van der Waals surface area (Å²) in [5.74, 6) is 1.58. The number of carbonyl (C=O) groups is 1. The molecule has 3 rings (SSSR count). The predicted octanol–water partition coefficient (Wildman–Crippen LogP) is 3.55. The summed E-state index contributed by atoms with van der Waals surface area (Å²) >= 11 is 0. The van der Waals surface area contributed by atoms with E-state index >= 15 is 0 Å². The fourth-order valence-corrected chi connectivity index (χ4v) is 3.58.